The van der Waals surface area contributed by atoms with Crippen LogP contribution in [0.4, 0.5) is 0 Å². The molecule has 0 aliphatic heterocycles. The second-order valence-electron chi connectivity index (χ2n) is 10.6. The van der Waals surface area contributed by atoms with Crippen molar-refractivity contribution in [1.82, 2.24) is 5.32 Å². The summed E-state index contributed by atoms with van der Waals surface area (Å²) in [7, 11) is 0. The van der Waals surface area contributed by atoms with E-state index in [0.717, 1.165) is 22.6 Å². The fourth-order valence-corrected chi connectivity index (χ4v) is 4.98. The first kappa shape index (κ1) is 27.5. The summed E-state index contributed by atoms with van der Waals surface area (Å²) in [6.07, 6.45) is 0.543. The normalized spacial score (nSPS) is 12.4. The molecule has 1 heterocycles. The lowest BCUT2D eigenvalue weighted by Crippen LogP contribution is -2.25. The highest BCUT2D eigenvalue weighted by Gasteiger charge is 2.20. The second kappa shape index (κ2) is 11.7. The smallest absolute Gasteiger partial charge is 0.305 e. The molecule has 3 rings (SSSR count). The minimum Gasteiger partial charge on any atom is -0.485 e. The van der Waals surface area contributed by atoms with Crippen LogP contribution < -0.4 is 10.1 Å². The molecule has 0 saturated heterocycles. The molecule has 0 spiro atoms. The van der Waals surface area contributed by atoms with Gasteiger partial charge in [0.05, 0.1) is 11.3 Å². The fourth-order valence-electron chi connectivity index (χ4n) is 4.02. The molecule has 1 unspecified atom stereocenters. The molecule has 0 bridgehead atoms. The Bertz CT molecular complexity index is 1190. The molecular formula is C30H37NO4S. The molecule has 2 aromatic carbocycles. The van der Waals surface area contributed by atoms with Crippen molar-refractivity contribution in [2.45, 2.75) is 65.9 Å². The monoisotopic (exact) mass is 507 g/mol. The summed E-state index contributed by atoms with van der Waals surface area (Å²) in [5, 5.41) is 11.4. The Morgan fingerprint density at radius 2 is 1.72 bits per heavy atom. The third-order valence-electron chi connectivity index (χ3n) is 6.02. The number of carbonyl (C=O) groups excluding carboxylic acids is 1. The quantitative estimate of drug-likeness (QED) is 0.300. The van der Waals surface area contributed by atoms with Crippen molar-refractivity contribution in [2.24, 2.45) is 5.92 Å². The van der Waals surface area contributed by atoms with Crippen LogP contribution in [0.5, 0.6) is 5.75 Å². The number of carboxylic acids is 1. The zero-order valence-corrected chi connectivity index (χ0v) is 22.9. The highest BCUT2D eigenvalue weighted by molar-refractivity contribution is 7.14. The van der Waals surface area contributed by atoms with E-state index >= 15 is 0 Å². The van der Waals surface area contributed by atoms with Crippen LogP contribution in [0, 0.1) is 12.8 Å². The number of thiophene rings is 1. The van der Waals surface area contributed by atoms with E-state index in [1.807, 2.05) is 12.1 Å². The van der Waals surface area contributed by atoms with Crippen molar-refractivity contribution < 1.29 is 19.4 Å². The molecule has 0 saturated carbocycles. The molecule has 5 nitrogen and oxygen atoms in total. The lowest BCUT2D eigenvalue weighted by Gasteiger charge is -2.21. The summed E-state index contributed by atoms with van der Waals surface area (Å²) in [5.41, 5.74) is 4.94. The molecule has 0 radical (unpaired) electrons. The Balaban J connectivity index is 1.76. The molecule has 6 heteroatoms. The largest absolute Gasteiger partial charge is 0.485 e. The van der Waals surface area contributed by atoms with E-state index in [1.165, 1.54) is 28.0 Å². The number of hydrogen-bond acceptors (Lipinski definition) is 4. The number of aryl methyl sites for hydroxylation is 1. The first-order valence-corrected chi connectivity index (χ1v) is 13.2. The van der Waals surface area contributed by atoms with Crippen LogP contribution in [0.25, 0.3) is 11.1 Å². The molecule has 0 fully saturated rings. The number of hydrogen-bond donors (Lipinski definition) is 2. The van der Waals surface area contributed by atoms with Gasteiger partial charge in [0.1, 0.15) is 11.9 Å². The SMILES string of the molecule is Cc1cc(OC(CC(C)C)c2ccc(C(=O)NCCC(=O)O)s2)ccc1-c1ccc(C(C)(C)C)cc1. The van der Waals surface area contributed by atoms with Crippen molar-refractivity contribution in [1.29, 1.82) is 0 Å². The van der Waals surface area contributed by atoms with E-state index < -0.39 is 5.97 Å². The van der Waals surface area contributed by atoms with Gasteiger partial charge in [-0.2, -0.15) is 0 Å². The Labute approximate surface area is 218 Å². The van der Waals surface area contributed by atoms with Gasteiger partial charge in [0.15, 0.2) is 0 Å². The third kappa shape index (κ3) is 7.44. The zero-order valence-electron chi connectivity index (χ0n) is 22.1. The van der Waals surface area contributed by atoms with E-state index in [4.69, 9.17) is 9.84 Å². The molecular weight excluding hydrogens is 470 g/mol. The van der Waals surface area contributed by atoms with Crippen molar-refractivity contribution >= 4 is 23.2 Å². The van der Waals surface area contributed by atoms with Gasteiger partial charge in [0.25, 0.3) is 5.91 Å². The Morgan fingerprint density at radius 1 is 1.03 bits per heavy atom. The summed E-state index contributed by atoms with van der Waals surface area (Å²) in [6.45, 7) is 13.2. The van der Waals surface area contributed by atoms with Crippen molar-refractivity contribution in [2.75, 3.05) is 6.54 Å². The van der Waals surface area contributed by atoms with Gasteiger partial charge in [-0.1, -0.05) is 65.0 Å². The maximum atomic E-state index is 12.4. The summed E-state index contributed by atoms with van der Waals surface area (Å²) in [4.78, 5) is 24.6. The summed E-state index contributed by atoms with van der Waals surface area (Å²) >= 11 is 1.39. The lowest BCUT2D eigenvalue weighted by molar-refractivity contribution is -0.136. The summed E-state index contributed by atoms with van der Waals surface area (Å²) in [6, 6.07) is 18.7. The number of aliphatic carboxylic acids is 1. The standard InChI is InChI=1S/C30H37NO4S/c1-19(2)17-25(26-13-14-27(36-26)29(34)31-16-15-28(32)33)35-23-11-12-24(20(3)18-23)21-7-9-22(10-8-21)30(4,5)6/h7-14,18-19,25H,15-17H2,1-6H3,(H,31,34)(H,32,33). The van der Waals surface area contributed by atoms with Gasteiger partial charge >= 0.3 is 5.97 Å². The molecule has 1 aromatic heterocycles. The number of carbonyl (C=O) groups is 2. The van der Waals surface area contributed by atoms with Gasteiger partial charge in [0.2, 0.25) is 0 Å². The molecule has 3 aromatic rings. The van der Waals surface area contributed by atoms with Gasteiger partial charge in [0, 0.05) is 11.4 Å². The van der Waals surface area contributed by atoms with E-state index in [0.29, 0.717) is 10.8 Å². The number of ether oxygens (including phenoxy) is 1. The molecule has 0 aliphatic carbocycles. The number of benzene rings is 2. The summed E-state index contributed by atoms with van der Waals surface area (Å²) in [5.74, 6) is 0.0185. The fraction of sp³-hybridized carbons (Fsp3) is 0.400. The number of carboxylic acid groups (broad SMARTS) is 1. The van der Waals surface area contributed by atoms with Crippen molar-refractivity contribution in [3.05, 3.63) is 75.5 Å². The van der Waals surface area contributed by atoms with Gasteiger partial charge in [-0.3, -0.25) is 9.59 Å². The highest BCUT2D eigenvalue weighted by Crippen LogP contribution is 2.35. The van der Waals surface area contributed by atoms with E-state index in [2.05, 4.69) is 83.3 Å². The number of amides is 1. The second-order valence-corrected chi connectivity index (χ2v) is 11.8. The Morgan fingerprint density at radius 3 is 2.31 bits per heavy atom. The van der Waals surface area contributed by atoms with Gasteiger partial charge in [-0.05, 0) is 71.2 Å². The average molecular weight is 508 g/mol. The van der Waals surface area contributed by atoms with E-state index in [-0.39, 0.29) is 30.4 Å². The van der Waals surface area contributed by atoms with Crippen LogP contribution in [-0.4, -0.2) is 23.5 Å². The molecule has 1 atom stereocenters. The Kier molecular flexibility index (Phi) is 8.96. The first-order valence-electron chi connectivity index (χ1n) is 12.4. The van der Waals surface area contributed by atoms with E-state index in [1.54, 1.807) is 6.07 Å². The van der Waals surface area contributed by atoms with Gasteiger partial charge in [-0.15, -0.1) is 11.3 Å². The topological polar surface area (TPSA) is 75.6 Å². The van der Waals surface area contributed by atoms with E-state index in [9.17, 15) is 9.59 Å². The highest BCUT2D eigenvalue weighted by atomic mass is 32.1. The average Bonchev–Trinajstić information content (AvgIpc) is 3.28. The van der Waals surface area contributed by atoms with Crippen LogP contribution in [0.1, 0.15) is 79.2 Å². The minimum atomic E-state index is -0.934. The number of rotatable bonds is 10. The van der Waals surface area contributed by atoms with Crippen molar-refractivity contribution in [3.8, 4) is 16.9 Å². The van der Waals surface area contributed by atoms with Crippen LogP contribution in [0.3, 0.4) is 0 Å². The molecule has 2 N–H and O–H groups in total. The maximum Gasteiger partial charge on any atom is 0.305 e. The molecule has 1 amide bonds. The molecule has 0 aliphatic rings. The van der Waals surface area contributed by atoms with Crippen LogP contribution in [-0.2, 0) is 10.2 Å². The number of nitrogens with one attached hydrogen (secondary N) is 1. The van der Waals surface area contributed by atoms with Crippen LogP contribution in [0.15, 0.2) is 54.6 Å². The van der Waals surface area contributed by atoms with Crippen molar-refractivity contribution in [3.63, 3.8) is 0 Å². The molecule has 192 valence electrons. The third-order valence-corrected chi connectivity index (χ3v) is 7.19. The first-order chi connectivity index (χ1) is 16.9. The lowest BCUT2D eigenvalue weighted by atomic mass is 9.86. The predicted octanol–water partition coefficient (Wildman–Crippen LogP) is 7.39. The van der Waals surface area contributed by atoms with Crippen LogP contribution in [0.2, 0.25) is 0 Å². The summed E-state index contributed by atoms with van der Waals surface area (Å²) < 4.78 is 6.45. The predicted molar refractivity (Wildman–Crippen MR) is 147 cm³/mol. The zero-order chi connectivity index (χ0) is 26.5. The maximum absolute atomic E-state index is 12.4. The molecule has 36 heavy (non-hydrogen) atoms. The van der Waals surface area contributed by atoms with Gasteiger partial charge < -0.3 is 15.2 Å². The minimum absolute atomic E-state index is 0.0981. The van der Waals surface area contributed by atoms with Gasteiger partial charge in [-0.25, -0.2) is 0 Å². The Hall–Kier alpha value is -3.12. The van der Waals surface area contributed by atoms with Crippen LogP contribution >= 0.6 is 11.3 Å².